The van der Waals surface area contributed by atoms with Crippen molar-refractivity contribution in [2.24, 2.45) is 0 Å². The fraction of sp³-hybridized carbons (Fsp3) is 0.167. The number of aromatic amines is 1. The van der Waals surface area contributed by atoms with Gasteiger partial charge in [0, 0.05) is 11.6 Å². The van der Waals surface area contributed by atoms with Gasteiger partial charge >= 0.3 is 0 Å². The van der Waals surface area contributed by atoms with Crippen molar-refractivity contribution >= 4 is 23.4 Å². The molecular weight excluding hydrogens is 374 g/mol. The van der Waals surface area contributed by atoms with Crippen LogP contribution >= 0.6 is 11.8 Å². The average molecular weight is 390 g/mol. The van der Waals surface area contributed by atoms with Crippen LogP contribution in [0.4, 0.5) is 14.5 Å². The summed E-state index contributed by atoms with van der Waals surface area (Å²) in [5, 5.41) is 9.00. The van der Waals surface area contributed by atoms with Gasteiger partial charge in [-0.2, -0.15) is 0 Å². The van der Waals surface area contributed by atoms with E-state index in [0.29, 0.717) is 11.0 Å². The maximum atomic E-state index is 13.6. The fourth-order valence-corrected chi connectivity index (χ4v) is 2.94. The van der Waals surface area contributed by atoms with Gasteiger partial charge in [-0.1, -0.05) is 11.8 Å². The summed E-state index contributed by atoms with van der Waals surface area (Å²) in [6.07, 6.45) is 0. The summed E-state index contributed by atoms with van der Waals surface area (Å²) < 4.78 is 31.9. The summed E-state index contributed by atoms with van der Waals surface area (Å²) in [6.45, 7) is 1.63. The van der Waals surface area contributed by atoms with Crippen molar-refractivity contribution in [1.29, 1.82) is 0 Å². The molecule has 140 valence electrons. The second kappa shape index (κ2) is 8.17. The van der Waals surface area contributed by atoms with Gasteiger partial charge in [0.15, 0.2) is 5.82 Å². The third-order valence-electron chi connectivity index (χ3n) is 3.67. The molecule has 0 aliphatic carbocycles. The average Bonchev–Trinajstić information content (AvgIpc) is 3.13. The monoisotopic (exact) mass is 390 g/mol. The lowest BCUT2D eigenvalue weighted by atomic mass is 10.2. The maximum absolute atomic E-state index is 13.6. The lowest BCUT2D eigenvalue weighted by molar-refractivity contribution is -0.115. The molecule has 27 heavy (non-hydrogen) atoms. The molecule has 1 heterocycles. The molecule has 0 spiro atoms. The molecule has 3 aromatic rings. The van der Waals surface area contributed by atoms with Crippen LogP contribution in [0.5, 0.6) is 5.75 Å². The fourth-order valence-electron chi connectivity index (χ4n) is 2.22. The highest BCUT2D eigenvalue weighted by molar-refractivity contribution is 8.00. The topological polar surface area (TPSA) is 79.9 Å². The summed E-state index contributed by atoms with van der Waals surface area (Å²) in [5.74, 6) is -0.557. The van der Waals surface area contributed by atoms with E-state index in [-0.39, 0.29) is 5.69 Å². The summed E-state index contributed by atoms with van der Waals surface area (Å²) in [4.78, 5) is 16.6. The first-order chi connectivity index (χ1) is 13.0. The predicted molar refractivity (Wildman–Crippen MR) is 98.7 cm³/mol. The molecule has 1 amide bonds. The lowest BCUT2D eigenvalue weighted by Gasteiger charge is -2.10. The number of carbonyl (C=O) groups is 1. The molecule has 3 rings (SSSR count). The predicted octanol–water partition coefficient (Wildman–Crippen LogP) is 3.88. The number of benzene rings is 2. The van der Waals surface area contributed by atoms with Crippen molar-refractivity contribution in [2.75, 3.05) is 12.4 Å². The van der Waals surface area contributed by atoms with E-state index in [1.165, 1.54) is 0 Å². The number of ether oxygens (including phenoxy) is 1. The second-order valence-corrected chi connectivity index (χ2v) is 6.88. The Balaban J connectivity index is 1.65. The lowest BCUT2D eigenvalue weighted by Crippen LogP contribution is -2.23. The smallest absolute Gasteiger partial charge is 0.237 e. The zero-order valence-electron chi connectivity index (χ0n) is 14.5. The van der Waals surface area contributed by atoms with Crippen LogP contribution in [-0.4, -0.2) is 33.4 Å². The van der Waals surface area contributed by atoms with Crippen molar-refractivity contribution in [3.05, 3.63) is 54.1 Å². The van der Waals surface area contributed by atoms with Gasteiger partial charge in [-0.25, -0.2) is 13.8 Å². The Labute approximate surface area is 158 Å². The van der Waals surface area contributed by atoms with Crippen LogP contribution in [-0.2, 0) is 4.79 Å². The number of nitrogens with zero attached hydrogens (tertiary/aromatic N) is 2. The number of halogens is 2. The van der Waals surface area contributed by atoms with Crippen molar-refractivity contribution in [2.45, 2.75) is 17.3 Å². The van der Waals surface area contributed by atoms with E-state index in [1.807, 2.05) is 12.1 Å². The van der Waals surface area contributed by atoms with Gasteiger partial charge < -0.3 is 10.1 Å². The zero-order valence-corrected chi connectivity index (χ0v) is 15.3. The number of thioether (sulfide) groups is 1. The number of rotatable bonds is 6. The van der Waals surface area contributed by atoms with Crippen LogP contribution in [0.3, 0.4) is 0 Å². The molecule has 2 N–H and O–H groups in total. The molecule has 0 aliphatic rings. The number of methoxy groups -OCH3 is 1. The summed E-state index contributed by atoms with van der Waals surface area (Å²) in [5.41, 5.74) is 0.607. The van der Waals surface area contributed by atoms with Crippen molar-refractivity contribution in [3.63, 3.8) is 0 Å². The first kappa shape index (κ1) is 18.8. The molecule has 0 fully saturated rings. The van der Waals surface area contributed by atoms with E-state index in [9.17, 15) is 13.6 Å². The van der Waals surface area contributed by atoms with E-state index >= 15 is 0 Å². The summed E-state index contributed by atoms with van der Waals surface area (Å²) in [7, 11) is 1.58. The summed E-state index contributed by atoms with van der Waals surface area (Å²) in [6, 6.07) is 10.1. The van der Waals surface area contributed by atoms with Crippen LogP contribution in [0.25, 0.3) is 11.4 Å². The largest absolute Gasteiger partial charge is 0.497 e. The van der Waals surface area contributed by atoms with Gasteiger partial charge in [0.05, 0.1) is 18.0 Å². The summed E-state index contributed by atoms with van der Waals surface area (Å²) >= 11 is 1.10. The minimum absolute atomic E-state index is 0.207. The van der Waals surface area contributed by atoms with Crippen molar-refractivity contribution in [1.82, 2.24) is 15.2 Å². The Bertz CT molecular complexity index is 947. The SMILES string of the molecule is COc1ccc(-c2nc(SC(C)C(=O)Nc3cc(F)ccc3F)n[nH]2)cc1. The molecule has 6 nitrogen and oxygen atoms in total. The Morgan fingerprint density at radius 3 is 2.67 bits per heavy atom. The number of hydrogen-bond donors (Lipinski definition) is 2. The highest BCUT2D eigenvalue weighted by atomic mass is 32.2. The molecule has 0 saturated heterocycles. The highest BCUT2D eigenvalue weighted by Crippen LogP contribution is 2.25. The molecule has 1 unspecified atom stereocenters. The number of aromatic nitrogens is 3. The molecular formula is C18H16F2N4O2S. The molecule has 0 saturated carbocycles. The van der Waals surface area contributed by atoms with Gasteiger partial charge in [-0.05, 0) is 43.3 Å². The zero-order chi connectivity index (χ0) is 19.4. The minimum Gasteiger partial charge on any atom is -0.497 e. The van der Waals surface area contributed by atoms with Gasteiger partial charge in [0.1, 0.15) is 17.4 Å². The quantitative estimate of drug-likeness (QED) is 0.625. The number of hydrogen-bond acceptors (Lipinski definition) is 5. The van der Waals surface area contributed by atoms with E-state index in [2.05, 4.69) is 20.5 Å². The van der Waals surface area contributed by atoms with E-state index in [4.69, 9.17) is 4.74 Å². The van der Waals surface area contributed by atoms with Crippen LogP contribution in [0.1, 0.15) is 6.92 Å². The normalized spacial score (nSPS) is 11.9. The Kier molecular flexibility index (Phi) is 5.70. The third-order valence-corrected chi connectivity index (χ3v) is 4.63. The molecule has 1 atom stereocenters. The van der Waals surface area contributed by atoms with E-state index in [1.54, 1.807) is 26.2 Å². The molecule has 2 aromatic carbocycles. The van der Waals surface area contributed by atoms with E-state index in [0.717, 1.165) is 41.3 Å². The van der Waals surface area contributed by atoms with Gasteiger partial charge in [-0.15, -0.1) is 5.10 Å². The molecule has 0 aliphatic heterocycles. The van der Waals surface area contributed by atoms with Gasteiger partial charge in [-0.3, -0.25) is 9.89 Å². The molecule has 0 radical (unpaired) electrons. The third kappa shape index (κ3) is 4.62. The second-order valence-electron chi connectivity index (χ2n) is 5.57. The number of amides is 1. The Morgan fingerprint density at radius 2 is 1.96 bits per heavy atom. The van der Waals surface area contributed by atoms with Gasteiger partial charge in [0.25, 0.3) is 0 Å². The van der Waals surface area contributed by atoms with Crippen molar-refractivity contribution in [3.8, 4) is 17.1 Å². The van der Waals surface area contributed by atoms with Crippen LogP contribution in [0, 0.1) is 11.6 Å². The Morgan fingerprint density at radius 1 is 1.22 bits per heavy atom. The number of H-pyrrole nitrogens is 1. The standard InChI is InChI=1S/C18H16F2N4O2S/c1-10(17(25)21-15-9-12(19)5-8-14(15)20)27-18-22-16(23-24-18)11-3-6-13(26-2)7-4-11/h3-10H,1-2H3,(H,21,25)(H,22,23,24). The number of carbonyl (C=O) groups excluding carboxylic acids is 1. The van der Waals surface area contributed by atoms with Crippen LogP contribution < -0.4 is 10.1 Å². The minimum atomic E-state index is -0.707. The van der Waals surface area contributed by atoms with Crippen LogP contribution in [0.15, 0.2) is 47.6 Å². The van der Waals surface area contributed by atoms with E-state index < -0.39 is 22.8 Å². The molecule has 9 heteroatoms. The first-order valence-electron chi connectivity index (χ1n) is 7.95. The number of anilines is 1. The number of nitrogens with one attached hydrogen (secondary N) is 2. The Hall–Kier alpha value is -2.94. The van der Waals surface area contributed by atoms with Gasteiger partial charge in [0.2, 0.25) is 11.1 Å². The molecule has 1 aromatic heterocycles. The van der Waals surface area contributed by atoms with Crippen LogP contribution in [0.2, 0.25) is 0 Å². The molecule has 0 bridgehead atoms. The first-order valence-corrected chi connectivity index (χ1v) is 8.83. The van der Waals surface area contributed by atoms with Crippen molar-refractivity contribution < 1.29 is 18.3 Å². The maximum Gasteiger partial charge on any atom is 0.237 e. The highest BCUT2D eigenvalue weighted by Gasteiger charge is 2.19.